The predicted octanol–water partition coefficient (Wildman–Crippen LogP) is 1.15. The molecule has 4 nitrogen and oxygen atoms in total. The molecule has 0 N–H and O–H groups in total. The highest BCUT2D eigenvalue weighted by Gasteiger charge is 2.34. The molecule has 1 aliphatic heterocycles. The van der Waals surface area contributed by atoms with E-state index in [9.17, 15) is 0 Å². The van der Waals surface area contributed by atoms with Gasteiger partial charge in [0.05, 0.1) is 12.1 Å². The Morgan fingerprint density at radius 2 is 1.87 bits per heavy atom. The van der Waals surface area contributed by atoms with Crippen LogP contribution in [0.4, 0.5) is 0 Å². The van der Waals surface area contributed by atoms with Crippen LogP contribution < -0.4 is 0 Å². The van der Waals surface area contributed by atoms with E-state index in [0.29, 0.717) is 12.8 Å². The summed E-state index contributed by atoms with van der Waals surface area (Å²) in [5.74, 6) is 0. The average Bonchev–Trinajstić information content (AvgIpc) is 2.31. The van der Waals surface area contributed by atoms with Crippen LogP contribution in [-0.4, -0.2) is 38.3 Å². The van der Waals surface area contributed by atoms with Crippen molar-refractivity contribution in [2.45, 2.75) is 19.3 Å². The molecule has 0 aliphatic carbocycles. The van der Waals surface area contributed by atoms with Gasteiger partial charge < -0.3 is 9.64 Å². The minimum atomic E-state index is -0.724. The first-order valence-electron chi connectivity index (χ1n) is 5.30. The lowest BCUT2D eigenvalue weighted by Gasteiger charge is -2.32. The van der Waals surface area contributed by atoms with Crippen molar-refractivity contribution in [3.05, 3.63) is 0 Å². The average molecular weight is 207 g/mol. The van der Waals surface area contributed by atoms with Crippen molar-refractivity contribution >= 4 is 0 Å². The third-order valence-electron chi connectivity index (χ3n) is 2.96. The minimum absolute atomic E-state index is 0.674. The molecule has 0 radical (unpaired) electrons. The maximum atomic E-state index is 8.93. The van der Waals surface area contributed by atoms with E-state index in [2.05, 4.69) is 17.0 Å². The Morgan fingerprint density at radius 1 is 1.27 bits per heavy atom. The van der Waals surface area contributed by atoms with Crippen LogP contribution in [0.25, 0.3) is 0 Å². The Morgan fingerprint density at radius 3 is 2.33 bits per heavy atom. The first-order chi connectivity index (χ1) is 7.26. The summed E-state index contributed by atoms with van der Waals surface area (Å²) in [4.78, 5) is 2.30. The van der Waals surface area contributed by atoms with Gasteiger partial charge in [0.15, 0.2) is 0 Å². The normalized spacial score (nSPS) is 20.5. The third-order valence-corrected chi connectivity index (χ3v) is 2.96. The predicted molar refractivity (Wildman–Crippen MR) is 55.8 cm³/mol. The first-order valence-corrected chi connectivity index (χ1v) is 5.30. The smallest absolute Gasteiger partial charge is 0.146 e. The zero-order valence-corrected chi connectivity index (χ0v) is 9.20. The molecule has 1 heterocycles. The molecule has 1 rings (SSSR count). The number of ether oxygens (including phenoxy) is 1. The number of rotatable bonds is 4. The number of nitrogens with zero attached hydrogens (tertiary/aromatic N) is 3. The molecule has 0 amide bonds. The van der Waals surface area contributed by atoms with Crippen molar-refractivity contribution in [2.75, 3.05) is 33.4 Å². The van der Waals surface area contributed by atoms with Crippen LogP contribution in [-0.2, 0) is 4.74 Å². The highest BCUT2D eigenvalue weighted by atomic mass is 16.5. The largest absolute Gasteiger partial charge is 0.385 e. The number of hydrogen-bond donors (Lipinski definition) is 0. The van der Waals surface area contributed by atoms with Crippen LogP contribution in [0.3, 0.4) is 0 Å². The molecule has 4 heteroatoms. The zero-order chi connectivity index (χ0) is 11.1. The van der Waals surface area contributed by atoms with Gasteiger partial charge in [0.2, 0.25) is 0 Å². The Balaban J connectivity index is 2.30. The van der Waals surface area contributed by atoms with E-state index in [1.165, 1.54) is 0 Å². The number of piperidine rings is 1. The maximum absolute atomic E-state index is 8.93. The Labute approximate surface area is 91.0 Å². The first kappa shape index (κ1) is 12.0. The standard InChI is InChI=1S/C11H17N3O/c1-15-8-2-5-14-6-3-11(9-12,10-13)4-7-14/h2-8H2,1H3. The molecule has 0 bridgehead atoms. The van der Waals surface area contributed by atoms with Crippen molar-refractivity contribution < 1.29 is 4.74 Å². The fourth-order valence-corrected chi connectivity index (χ4v) is 1.84. The molecule has 1 aliphatic rings. The van der Waals surface area contributed by atoms with Crippen LogP contribution >= 0.6 is 0 Å². The van der Waals surface area contributed by atoms with E-state index in [4.69, 9.17) is 15.3 Å². The van der Waals surface area contributed by atoms with Crippen molar-refractivity contribution in [3.8, 4) is 12.1 Å². The van der Waals surface area contributed by atoms with Crippen molar-refractivity contribution in [1.29, 1.82) is 10.5 Å². The summed E-state index contributed by atoms with van der Waals surface area (Å²) in [5.41, 5.74) is -0.724. The molecular weight excluding hydrogens is 190 g/mol. The lowest BCUT2D eigenvalue weighted by Crippen LogP contribution is -2.39. The number of nitriles is 2. The van der Waals surface area contributed by atoms with Crippen molar-refractivity contribution in [1.82, 2.24) is 4.90 Å². The number of hydrogen-bond acceptors (Lipinski definition) is 4. The summed E-state index contributed by atoms with van der Waals surface area (Å²) in [7, 11) is 1.70. The van der Waals surface area contributed by atoms with Gasteiger partial charge in [-0.3, -0.25) is 0 Å². The van der Waals surface area contributed by atoms with E-state index in [0.717, 1.165) is 32.7 Å². The summed E-state index contributed by atoms with van der Waals surface area (Å²) < 4.78 is 4.98. The summed E-state index contributed by atoms with van der Waals surface area (Å²) in [5, 5.41) is 17.9. The molecule has 0 aromatic heterocycles. The SMILES string of the molecule is COCCCN1CCC(C#N)(C#N)CC1. The summed E-state index contributed by atoms with van der Waals surface area (Å²) >= 11 is 0. The Kier molecular flexibility index (Phi) is 4.55. The van der Waals surface area contributed by atoms with Crippen LogP contribution in [0.15, 0.2) is 0 Å². The molecule has 15 heavy (non-hydrogen) atoms. The van der Waals surface area contributed by atoms with Crippen molar-refractivity contribution in [3.63, 3.8) is 0 Å². The van der Waals surface area contributed by atoms with E-state index in [-0.39, 0.29) is 0 Å². The van der Waals surface area contributed by atoms with E-state index >= 15 is 0 Å². The topological polar surface area (TPSA) is 60.0 Å². The van der Waals surface area contributed by atoms with Gasteiger partial charge in [0, 0.05) is 33.4 Å². The molecule has 0 aromatic carbocycles. The number of likely N-dealkylation sites (tertiary alicyclic amines) is 1. The fraction of sp³-hybridized carbons (Fsp3) is 0.818. The highest BCUT2D eigenvalue weighted by molar-refractivity contribution is 5.15. The highest BCUT2D eigenvalue weighted by Crippen LogP contribution is 2.29. The van der Waals surface area contributed by atoms with Gasteiger partial charge >= 0.3 is 0 Å². The molecule has 0 spiro atoms. The third kappa shape index (κ3) is 3.20. The lowest BCUT2D eigenvalue weighted by atomic mass is 9.81. The molecule has 0 aromatic rings. The fourth-order valence-electron chi connectivity index (χ4n) is 1.84. The second-order valence-corrected chi connectivity index (χ2v) is 3.99. The van der Waals surface area contributed by atoms with E-state index in [1.54, 1.807) is 7.11 Å². The minimum Gasteiger partial charge on any atom is -0.385 e. The molecule has 0 saturated carbocycles. The lowest BCUT2D eigenvalue weighted by molar-refractivity contribution is 0.143. The van der Waals surface area contributed by atoms with Gasteiger partial charge in [-0.15, -0.1) is 0 Å². The van der Waals surface area contributed by atoms with Gasteiger partial charge in [-0.25, -0.2) is 0 Å². The molecule has 0 atom stereocenters. The van der Waals surface area contributed by atoms with Gasteiger partial charge in [-0.2, -0.15) is 10.5 Å². The summed E-state index contributed by atoms with van der Waals surface area (Å²) in [6.07, 6.45) is 2.36. The second kappa shape index (κ2) is 5.70. The quantitative estimate of drug-likeness (QED) is 0.649. The van der Waals surface area contributed by atoms with Gasteiger partial charge in [0.25, 0.3) is 0 Å². The van der Waals surface area contributed by atoms with Crippen molar-refractivity contribution in [2.24, 2.45) is 5.41 Å². The maximum Gasteiger partial charge on any atom is 0.146 e. The zero-order valence-electron chi connectivity index (χ0n) is 9.20. The summed E-state index contributed by atoms with van der Waals surface area (Å²) in [6, 6.07) is 4.28. The van der Waals surface area contributed by atoms with E-state index in [1.807, 2.05) is 0 Å². The van der Waals surface area contributed by atoms with Gasteiger partial charge in [-0.05, 0) is 19.3 Å². The van der Waals surface area contributed by atoms with Gasteiger partial charge in [0.1, 0.15) is 5.41 Å². The second-order valence-electron chi connectivity index (χ2n) is 3.99. The molecular formula is C11H17N3O. The Bertz CT molecular complexity index is 253. The van der Waals surface area contributed by atoms with Crippen LogP contribution in [0.1, 0.15) is 19.3 Å². The molecule has 0 unspecified atom stereocenters. The summed E-state index contributed by atoms with van der Waals surface area (Å²) in [6.45, 7) is 3.48. The molecule has 1 saturated heterocycles. The van der Waals surface area contributed by atoms with Crippen LogP contribution in [0, 0.1) is 28.1 Å². The van der Waals surface area contributed by atoms with Crippen LogP contribution in [0.5, 0.6) is 0 Å². The van der Waals surface area contributed by atoms with Crippen LogP contribution in [0.2, 0.25) is 0 Å². The monoisotopic (exact) mass is 207 g/mol. The Hall–Kier alpha value is -1.10. The van der Waals surface area contributed by atoms with Gasteiger partial charge in [-0.1, -0.05) is 0 Å². The number of methoxy groups -OCH3 is 1. The molecule has 1 fully saturated rings. The van der Waals surface area contributed by atoms with E-state index < -0.39 is 5.41 Å². The molecule has 82 valence electrons.